The Labute approximate surface area is 423 Å². The molecule has 1 spiro atoms. The molecule has 4 heterocycles. The highest BCUT2D eigenvalue weighted by atomic mass is 32.3. The van der Waals surface area contributed by atoms with Crippen molar-refractivity contribution in [3.63, 3.8) is 0 Å². The SMILES string of the molecule is C[C@H]1O[C@@H](O[C@H]2CC[C@@]3(C)[C@@H](CC[C@]4(C)[C@@H]3C=C[C@@]35OC[C@@]6(CC[C@](CO)(C(=O)O)C[C@H]63)[C@@H](O)C[C@@]45C)[C@]2(C)CO)[C@H](O[C@@H]2O[C@H](CO)[C@@H](O)[C@H](O)[C@H]2O)[C@@H](O[C@@H]2O[C@H](CO)[C@@H](OS(=O)(=O)O)[C@H](O)[C@H]2O)[C@H]1O. The number of aliphatic hydroxyl groups is 11. The van der Waals surface area contributed by atoms with Crippen molar-refractivity contribution in [3.05, 3.63) is 12.2 Å². The second-order valence-electron chi connectivity index (χ2n) is 23.8. The minimum absolute atomic E-state index is 0.149. The quantitative estimate of drug-likeness (QED) is 0.0514. The molecule has 2 bridgehead atoms. The summed E-state index contributed by atoms with van der Waals surface area (Å²) in [5, 5.41) is 132. The van der Waals surface area contributed by atoms with Crippen LogP contribution in [0.5, 0.6) is 0 Å². The molecule has 0 amide bonds. The Morgan fingerprint density at radius 3 is 1.95 bits per heavy atom. The van der Waals surface area contributed by atoms with Crippen LogP contribution < -0.4 is 0 Å². The number of allylic oxidation sites excluding steroid dienone is 1. The maximum Gasteiger partial charge on any atom is 0.397 e. The first kappa shape index (κ1) is 56.1. The average molecular weight is 1070 g/mol. The van der Waals surface area contributed by atoms with E-state index in [1.165, 1.54) is 6.92 Å². The zero-order valence-corrected chi connectivity index (χ0v) is 42.4. The first-order chi connectivity index (χ1) is 34.1. The highest BCUT2D eigenvalue weighted by Crippen LogP contribution is 2.79. The van der Waals surface area contributed by atoms with E-state index in [4.69, 9.17) is 33.2 Å². The van der Waals surface area contributed by atoms with E-state index in [9.17, 15) is 79.0 Å². The maximum absolute atomic E-state index is 12.8. The van der Waals surface area contributed by atoms with Crippen LogP contribution in [0.2, 0.25) is 0 Å². The molecule has 8 fully saturated rings. The fourth-order valence-corrected chi connectivity index (χ4v) is 16.7. The van der Waals surface area contributed by atoms with Crippen molar-refractivity contribution in [2.75, 3.05) is 33.0 Å². The van der Waals surface area contributed by atoms with Gasteiger partial charge in [0.2, 0.25) is 0 Å². The van der Waals surface area contributed by atoms with Gasteiger partial charge in [0.15, 0.2) is 18.9 Å². The summed E-state index contributed by atoms with van der Waals surface area (Å²) < 4.78 is 81.0. The Morgan fingerprint density at radius 1 is 0.685 bits per heavy atom. The first-order valence-electron chi connectivity index (χ1n) is 25.5. The molecule has 4 saturated heterocycles. The van der Waals surface area contributed by atoms with Crippen molar-refractivity contribution in [3.8, 4) is 0 Å². The van der Waals surface area contributed by atoms with Crippen LogP contribution in [0.3, 0.4) is 0 Å². The summed E-state index contributed by atoms with van der Waals surface area (Å²) in [6.07, 6.45) is -21.4. The lowest BCUT2D eigenvalue weighted by Crippen LogP contribution is -2.73. The smallest absolute Gasteiger partial charge is 0.397 e. The second-order valence-corrected chi connectivity index (χ2v) is 24.9. The van der Waals surface area contributed by atoms with Gasteiger partial charge in [0.1, 0.15) is 67.1 Å². The molecule has 5 aliphatic carbocycles. The molecule has 0 radical (unpaired) electrons. The zero-order chi connectivity index (χ0) is 53.4. The lowest BCUT2D eigenvalue weighted by molar-refractivity contribution is -0.397. The lowest BCUT2D eigenvalue weighted by atomic mass is 9.32. The monoisotopic (exact) mass is 1070 g/mol. The van der Waals surface area contributed by atoms with E-state index in [0.717, 1.165) is 0 Å². The summed E-state index contributed by atoms with van der Waals surface area (Å²) in [6.45, 7) is 7.39. The van der Waals surface area contributed by atoms with Crippen molar-refractivity contribution in [1.82, 2.24) is 0 Å². The molecular formula is C48H76O24S. The van der Waals surface area contributed by atoms with Crippen LogP contribution in [0.4, 0.5) is 0 Å². The van der Waals surface area contributed by atoms with Gasteiger partial charge in [-0.3, -0.25) is 9.35 Å². The van der Waals surface area contributed by atoms with Crippen molar-refractivity contribution < 1.29 is 116 Å². The number of ether oxygens (including phenoxy) is 7. The Bertz CT molecular complexity index is 2190. The third-order valence-corrected chi connectivity index (χ3v) is 21.1. The second kappa shape index (κ2) is 19.3. The van der Waals surface area contributed by atoms with Gasteiger partial charge in [-0.25, -0.2) is 4.18 Å². The largest absolute Gasteiger partial charge is 0.481 e. The summed E-state index contributed by atoms with van der Waals surface area (Å²) in [4.78, 5) is 12.8. The zero-order valence-electron chi connectivity index (χ0n) is 41.6. The molecule has 418 valence electrons. The van der Waals surface area contributed by atoms with Crippen LogP contribution in [0.1, 0.15) is 86.0 Å². The lowest BCUT2D eigenvalue weighted by Gasteiger charge is -2.73. The van der Waals surface area contributed by atoms with Crippen LogP contribution in [0, 0.1) is 50.2 Å². The van der Waals surface area contributed by atoms with E-state index in [-0.39, 0.29) is 37.2 Å². The number of carboxylic acids is 1. The molecule has 13 N–H and O–H groups in total. The molecule has 0 aromatic rings. The molecule has 0 aromatic carbocycles. The predicted molar refractivity (Wildman–Crippen MR) is 243 cm³/mol. The van der Waals surface area contributed by atoms with Crippen LogP contribution in [-0.4, -0.2) is 223 Å². The normalized spacial score (nSPS) is 55.7. The van der Waals surface area contributed by atoms with E-state index < -0.39 is 185 Å². The van der Waals surface area contributed by atoms with Gasteiger partial charge in [-0.1, -0.05) is 39.8 Å². The minimum Gasteiger partial charge on any atom is -0.481 e. The van der Waals surface area contributed by atoms with E-state index in [1.807, 2.05) is 6.92 Å². The number of aliphatic hydroxyl groups excluding tert-OH is 11. The fourth-order valence-electron chi connectivity index (χ4n) is 16.1. The van der Waals surface area contributed by atoms with Crippen molar-refractivity contribution in [1.29, 1.82) is 0 Å². The highest BCUT2D eigenvalue weighted by molar-refractivity contribution is 7.80. The van der Waals surface area contributed by atoms with E-state index in [2.05, 4.69) is 37.1 Å². The van der Waals surface area contributed by atoms with Gasteiger partial charge in [0.25, 0.3) is 0 Å². The van der Waals surface area contributed by atoms with Gasteiger partial charge in [-0.05, 0) is 81.0 Å². The number of rotatable bonds is 13. The van der Waals surface area contributed by atoms with E-state index in [1.54, 1.807) is 0 Å². The van der Waals surface area contributed by atoms with Crippen molar-refractivity contribution >= 4 is 16.4 Å². The van der Waals surface area contributed by atoms with E-state index >= 15 is 0 Å². The third-order valence-electron chi connectivity index (χ3n) is 20.6. The number of fused-ring (bicyclic) bond motifs is 4. The number of hydrogen-bond acceptors (Lipinski definition) is 22. The topological polar surface area (TPSA) is 388 Å². The van der Waals surface area contributed by atoms with Gasteiger partial charge in [0, 0.05) is 22.2 Å². The number of hydrogen-bond donors (Lipinski definition) is 13. The minimum atomic E-state index is -5.25. The average Bonchev–Trinajstić information content (AvgIpc) is 3.63. The van der Waals surface area contributed by atoms with Gasteiger partial charge < -0.3 is 94.4 Å². The molecule has 9 aliphatic rings. The highest BCUT2D eigenvalue weighted by Gasteiger charge is 2.80. The Morgan fingerprint density at radius 2 is 1.33 bits per heavy atom. The van der Waals surface area contributed by atoms with Gasteiger partial charge >= 0.3 is 16.4 Å². The summed E-state index contributed by atoms with van der Waals surface area (Å²) in [5.74, 6) is -1.86. The number of carboxylic acid groups (broad SMARTS) is 1. The molecule has 9 rings (SSSR count). The molecule has 24 nitrogen and oxygen atoms in total. The number of carbonyl (C=O) groups is 1. The van der Waals surface area contributed by atoms with Crippen LogP contribution in [0.25, 0.3) is 0 Å². The molecule has 27 atom stereocenters. The summed E-state index contributed by atoms with van der Waals surface area (Å²) in [6, 6.07) is 0. The standard InChI is InChI=1S/C48H76O24S/c1-21-29(54)36(70-39-34(59)32(57)35(23(17-50)68-39)72-73(62,63)64)37(71-38-33(58)31(56)30(55)22(16-49)67-38)40(66-21)69-28-8-9-42(2)24(43(28,3)18-51)6-10-44(4)25(42)7-11-48-26-14-46(19-52,41(60)61)12-13-47(26,20-65-48)27(53)15-45(44,48)5/h7,11,21-40,49-59H,6,8-10,12-20H2,1-5H3,(H,60,61)(H,62,63,64)/t21-,22-,23-,24-,25-,26-,27+,28+,29+,30-,31+,32-,33-,34-,35-,36+,37-,38+,39+,40+,42+,43+,44-,45+,46+,47-,48-/m1/s1. The molecule has 4 aliphatic heterocycles. The molecule has 25 heteroatoms. The third kappa shape index (κ3) is 8.27. The van der Waals surface area contributed by atoms with Crippen LogP contribution in [-0.2, 0) is 52.5 Å². The molecule has 0 unspecified atom stereocenters. The van der Waals surface area contributed by atoms with E-state index in [0.29, 0.717) is 38.5 Å². The van der Waals surface area contributed by atoms with Crippen molar-refractivity contribution in [2.24, 2.45) is 50.2 Å². The molecule has 4 saturated carbocycles. The Kier molecular flexibility index (Phi) is 14.8. The van der Waals surface area contributed by atoms with Crippen molar-refractivity contribution in [2.45, 2.75) is 196 Å². The maximum atomic E-state index is 12.8. The van der Waals surface area contributed by atoms with Gasteiger partial charge in [-0.15, -0.1) is 0 Å². The van der Waals surface area contributed by atoms with Crippen LogP contribution in [0.15, 0.2) is 12.2 Å². The molecular weight excluding hydrogens is 993 g/mol. The number of aliphatic carboxylic acids is 1. The summed E-state index contributed by atoms with van der Waals surface area (Å²) in [7, 11) is -5.25. The fraction of sp³-hybridized carbons (Fsp3) is 0.938. The first-order valence-corrected chi connectivity index (χ1v) is 26.8. The summed E-state index contributed by atoms with van der Waals surface area (Å²) >= 11 is 0. The Hall–Kier alpha value is -1.64. The van der Waals surface area contributed by atoms with Gasteiger partial charge in [0.05, 0.1) is 62.4 Å². The van der Waals surface area contributed by atoms with Crippen LogP contribution >= 0.6 is 0 Å². The predicted octanol–water partition coefficient (Wildman–Crippen LogP) is -2.53. The van der Waals surface area contributed by atoms with Gasteiger partial charge in [-0.2, -0.15) is 8.42 Å². The Balaban J connectivity index is 1.03. The molecule has 73 heavy (non-hydrogen) atoms. The summed E-state index contributed by atoms with van der Waals surface area (Å²) in [5.41, 5.74) is -5.81. The molecule has 0 aromatic heterocycles.